The minimum absolute atomic E-state index is 0.119. The SMILES string of the molecule is NNC(CSC1CCCC1)c1cnccc1C(F)(F)F. The van der Waals surface area contributed by atoms with Gasteiger partial charge in [-0.3, -0.25) is 16.3 Å². The fraction of sp³-hybridized carbons (Fsp3) is 0.615. The number of hydrazine groups is 1. The van der Waals surface area contributed by atoms with Crippen LogP contribution in [0.3, 0.4) is 0 Å². The van der Waals surface area contributed by atoms with E-state index in [0.29, 0.717) is 11.0 Å². The molecule has 1 aromatic rings. The van der Waals surface area contributed by atoms with Gasteiger partial charge in [0.15, 0.2) is 0 Å². The first-order valence-electron chi connectivity index (χ1n) is 6.61. The maximum absolute atomic E-state index is 13.0. The molecule has 112 valence electrons. The minimum Gasteiger partial charge on any atom is -0.271 e. The first kappa shape index (κ1) is 15.6. The standard InChI is InChI=1S/C13H18F3N3S/c14-13(15,16)11-5-6-18-7-10(11)12(19-17)8-20-9-3-1-2-4-9/h5-7,9,12,19H,1-4,8,17H2. The van der Waals surface area contributed by atoms with Crippen molar-refractivity contribution in [2.24, 2.45) is 5.84 Å². The van der Waals surface area contributed by atoms with E-state index >= 15 is 0 Å². The van der Waals surface area contributed by atoms with Gasteiger partial charge >= 0.3 is 6.18 Å². The molecular formula is C13H18F3N3S. The summed E-state index contributed by atoms with van der Waals surface area (Å²) in [5, 5.41) is 0.539. The second-order valence-electron chi connectivity index (χ2n) is 4.92. The number of aromatic nitrogens is 1. The summed E-state index contributed by atoms with van der Waals surface area (Å²) in [5.41, 5.74) is 1.95. The van der Waals surface area contributed by atoms with Gasteiger partial charge in [0.2, 0.25) is 0 Å². The summed E-state index contributed by atoms with van der Waals surface area (Å²) in [6.45, 7) is 0. The number of nitrogens with two attached hydrogens (primary N) is 1. The highest BCUT2D eigenvalue weighted by atomic mass is 32.2. The lowest BCUT2D eigenvalue weighted by atomic mass is 10.0. The summed E-state index contributed by atoms with van der Waals surface area (Å²) < 4.78 is 38.9. The molecule has 1 unspecified atom stereocenters. The van der Waals surface area contributed by atoms with Crippen LogP contribution in [0.5, 0.6) is 0 Å². The molecular weight excluding hydrogens is 287 g/mol. The topological polar surface area (TPSA) is 50.9 Å². The molecule has 20 heavy (non-hydrogen) atoms. The normalized spacial score (nSPS) is 18.4. The van der Waals surface area contributed by atoms with Crippen molar-refractivity contribution < 1.29 is 13.2 Å². The first-order valence-corrected chi connectivity index (χ1v) is 7.66. The van der Waals surface area contributed by atoms with E-state index in [9.17, 15) is 13.2 Å². The van der Waals surface area contributed by atoms with E-state index in [1.807, 2.05) is 0 Å². The van der Waals surface area contributed by atoms with E-state index in [1.165, 1.54) is 19.0 Å². The molecule has 1 heterocycles. The van der Waals surface area contributed by atoms with Crippen LogP contribution in [0.1, 0.15) is 42.9 Å². The Kier molecular flexibility index (Phi) is 5.29. The van der Waals surface area contributed by atoms with Gasteiger partial charge in [0.1, 0.15) is 0 Å². The van der Waals surface area contributed by atoms with Crippen molar-refractivity contribution in [2.45, 2.75) is 43.2 Å². The fourth-order valence-corrected chi connectivity index (χ4v) is 3.86. The van der Waals surface area contributed by atoms with E-state index in [4.69, 9.17) is 5.84 Å². The molecule has 0 aliphatic heterocycles. The van der Waals surface area contributed by atoms with Crippen LogP contribution in [0, 0.1) is 0 Å². The Morgan fingerprint density at radius 2 is 2.10 bits per heavy atom. The molecule has 0 saturated heterocycles. The van der Waals surface area contributed by atoms with E-state index in [-0.39, 0.29) is 5.56 Å². The molecule has 0 aromatic carbocycles. The number of rotatable bonds is 5. The number of nitrogens with one attached hydrogen (secondary N) is 1. The number of halogens is 3. The van der Waals surface area contributed by atoms with E-state index in [2.05, 4.69) is 10.4 Å². The fourth-order valence-electron chi connectivity index (χ4n) is 2.46. The van der Waals surface area contributed by atoms with Crippen LogP contribution in [0.25, 0.3) is 0 Å². The van der Waals surface area contributed by atoms with Crippen molar-refractivity contribution in [2.75, 3.05) is 5.75 Å². The monoisotopic (exact) mass is 305 g/mol. The molecule has 1 aliphatic carbocycles. The average Bonchev–Trinajstić information content (AvgIpc) is 2.92. The lowest BCUT2D eigenvalue weighted by molar-refractivity contribution is -0.138. The molecule has 1 saturated carbocycles. The number of hydrogen-bond donors (Lipinski definition) is 2. The van der Waals surface area contributed by atoms with Crippen LogP contribution in [-0.4, -0.2) is 16.0 Å². The smallest absolute Gasteiger partial charge is 0.271 e. The second-order valence-corrected chi connectivity index (χ2v) is 6.25. The molecule has 0 bridgehead atoms. The van der Waals surface area contributed by atoms with E-state index < -0.39 is 17.8 Å². The van der Waals surface area contributed by atoms with Crippen molar-refractivity contribution in [1.82, 2.24) is 10.4 Å². The van der Waals surface area contributed by atoms with Gasteiger partial charge in [0.05, 0.1) is 11.6 Å². The largest absolute Gasteiger partial charge is 0.416 e. The molecule has 1 aromatic heterocycles. The van der Waals surface area contributed by atoms with Crippen LogP contribution < -0.4 is 11.3 Å². The molecule has 0 amide bonds. The predicted octanol–water partition coefficient (Wildman–Crippen LogP) is 3.28. The highest BCUT2D eigenvalue weighted by Crippen LogP contribution is 2.36. The average molecular weight is 305 g/mol. The Balaban J connectivity index is 2.10. The van der Waals surface area contributed by atoms with Gasteiger partial charge in [-0.25, -0.2) is 0 Å². The molecule has 0 radical (unpaired) electrons. The van der Waals surface area contributed by atoms with Crippen LogP contribution >= 0.6 is 11.8 Å². The van der Waals surface area contributed by atoms with Crippen LogP contribution in [-0.2, 0) is 6.18 Å². The number of pyridine rings is 1. The minimum atomic E-state index is -4.38. The van der Waals surface area contributed by atoms with Gasteiger partial charge in [-0.2, -0.15) is 24.9 Å². The lowest BCUT2D eigenvalue weighted by Gasteiger charge is -2.21. The summed E-state index contributed by atoms with van der Waals surface area (Å²) in [6.07, 6.45) is 2.72. The zero-order valence-electron chi connectivity index (χ0n) is 11.0. The third kappa shape index (κ3) is 3.86. The highest BCUT2D eigenvalue weighted by Gasteiger charge is 2.35. The lowest BCUT2D eigenvalue weighted by Crippen LogP contribution is -2.32. The quantitative estimate of drug-likeness (QED) is 0.647. The van der Waals surface area contributed by atoms with Gasteiger partial charge in [-0.15, -0.1) is 0 Å². The Morgan fingerprint density at radius 3 is 2.70 bits per heavy atom. The van der Waals surface area contributed by atoms with E-state index in [1.54, 1.807) is 11.8 Å². The van der Waals surface area contributed by atoms with Gasteiger partial charge in [0.25, 0.3) is 0 Å². The van der Waals surface area contributed by atoms with Gasteiger partial charge in [-0.1, -0.05) is 12.8 Å². The molecule has 7 heteroatoms. The van der Waals surface area contributed by atoms with Gasteiger partial charge in [-0.05, 0) is 18.9 Å². The zero-order chi connectivity index (χ0) is 14.6. The molecule has 0 spiro atoms. The van der Waals surface area contributed by atoms with Crippen molar-refractivity contribution in [3.63, 3.8) is 0 Å². The molecule has 2 rings (SSSR count). The highest BCUT2D eigenvalue weighted by molar-refractivity contribution is 7.99. The number of hydrogen-bond acceptors (Lipinski definition) is 4. The third-order valence-electron chi connectivity index (χ3n) is 3.53. The maximum atomic E-state index is 13.0. The molecule has 1 aliphatic rings. The van der Waals surface area contributed by atoms with Crippen LogP contribution in [0.2, 0.25) is 0 Å². The number of alkyl halides is 3. The summed E-state index contributed by atoms with van der Waals surface area (Å²) in [4.78, 5) is 3.80. The Bertz CT molecular complexity index is 433. The van der Waals surface area contributed by atoms with Crippen LogP contribution in [0.4, 0.5) is 13.2 Å². The molecule has 1 atom stereocenters. The zero-order valence-corrected chi connectivity index (χ0v) is 11.8. The predicted molar refractivity (Wildman–Crippen MR) is 74.0 cm³/mol. The van der Waals surface area contributed by atoms with Crippen LogP contribution in [0.15, 0.2) is 18.5 Å². The number of nitrogens with zero attached hydrogens (tertiary/aromatic N) is 1. The maximum Gasteiger partial charge on any atom is 0.416 e. The van der Waals surface area contributed by atoms with Crippen molar-refractivity contribution in [3.05, 3.63) is 29.6 Å². The van der Waals surface area contributed by atoms with Gasteiger partial charge in [0, 0.05) is 29.0 Å². The Morgan fingerprint density at radius 1 is 1.40 bits per heavy atom. The van der Waals surface area contributed by atoms with Gasteiger partial charge < -0.3 is 0 Å². The van der Waals surface area contributed by atoms with Crippen molar-refractivity contribution in [3.8, 4) is 0 Å². The van der Waals surface area contributed by atoms with Crippen molar-refractivity contribution in [1.29, 1.82) is 0 Å². The van der Waals surface area contributed by atoms with E-state index in [0.717, 1.165) is 25.1 Å². The molecule has 3 N–H and O–H groups in total. The Hall–Kier alpha value is -0.790. The summed E-state index contributed by atoms with van der Waals surface area (Å²) in [6, 6.07) is 0.464. The van der Waals surface area contributed by atoms with Crippen molar-refractivity contribution >= 4 is 11.8 Å². The first-order chi connectivity index (χ1) is 9.52. The molecule has 3 nitrogen and oxygen atoms in total. The summed E-state index contributed by atoms with van der Waals surface area (Å²) in [7, 11) is 0. The summed E-state index contributed by atoms with van der Waals surface area (Å²) >= 11 is 1.69. The summed E-state index contributed by atoms with van der Waals surface area (Å²) in [5.74, 6) is 5.97. The second kappa shape index (κ2) is 6.78. The third-order valence-corrected chi connectivity index (χ3v) is 5.00. The number of thioether (sulfide) groups is 1. The molecule has 1 fully saturated rings. The Labute approximate surface area is 120 Å².